The van der Waals surface area contributed by atoms with Gasteiger partial charge in [-0.15, -0.1) is 0 Å². The zero-order valence-corrected chi connectivity index (χ0v) is 11.8. The molecule has 0 saturated carbocycles. The zero-order valence-electron chi connectivity index (χ0n) is 10.2. The van der Waals surface area contributed by atoms with Gasteiger partial charge >= 0.3 is 0 Å². The highest BCUT2D eigenvalue weighted by atomic mass is 79.9. The van der Waals surface area contributed by atoms with Gasteiger partial charge in [-0.2, -0.15) is 0 Å². The van der Waals surface area contributed by atoms with Gasteiger partial charge in [0.1, 0.15) is 11.5 Å². The molecule has 0 heterocycles. The van der Waals surface area contributed by atoms with Crippen LogP contribution in [0.2, 0.25) is 0 Å². The van der Waals surface area contributed by atoms with Crippen LogP contribution in [0.1, 0.15) is 22.8 Å². The van der Waals surface area contributed by atoms with Gasteiger partial charge in [0.25, 0.3) is 0 Å². The first-order chi connectivity index (χ1) is 8.56. The first kappa shape index (κ1) is 12.8. The number of halogens is 1. The predicted octanol–water partition coefficient (Wildman–Crippen LogP) is 4.75. The van der Waals surface area contributed by atoms with E-state index in [1.807, 2.05) is 25.1 Å². The number of hydrogen-bond donors (Lipinski definition) is 0. The van der Waals surface area contributed by atoms with E-state index in [4.69, 9.17) is 4.74 Å². The predicted molar refractivity (Wildman–Crippen MR) is 75.4 cm³/mol. The van der Waals surface area contributed by atoms with Crippen molar-refractivity contribution < 1.29 is 9.53 Å². The van der Waals surface area contributed by atoms with E-state index in [1.54, 1.807) is 31.2 Å². The summed E-state index contributed by atoms with van der Waals surface area (Å²) in [6, 6.07) is 13.0. The first-order valence-corrected chi connectivity index (χ1v) is 6.40. The van der Waals surface area contributed by atoms with Gasteiger partial charge in [0, 0.05) is 10.0 Å². The van der Waals surface area contributed by atoms with E-state index < -0.39 is 0 Å². The van der Waals surface area contributed by atoms with Gasteiger partial charge in [0.15, 0.2) is 5.78 Å². The molecule has 0 aliphatic carbocycles. The molecule has 92 valence electrons. The third-order valence-corrected chi connectivity index (χ3v) is 3.13. The Hall–Kier alpha value is -1.61. The minimum absolute atomic E-state index is 0.0557. The fraction of sp³-hybridized carbons (Fsp3) is 0.133. The van der Waals surface area contributed by atoms with Crippen LogP contribution in [0.15, 0.2) is 46.9 Å². The summed E-state index contributed by atoms with van der Waals surface area (Å²) in [7, 11) is 0. The smallest absolute Gasteiger partial charge is 0.159 e. The molecule has 0 saturated heterocycles. The summed E-state index contributed by atoms with van der Waals surface area (Å²) in [6.45, 7) is 3.54. The van der Waals surface area contributed by atoms with Crippen LogP contribution in [-0.2, 0) is 0 Å². The maximum atomic E-state index is 11.2. The summed E-state index contributed by atoms with van der Waals surface area (Å²) in [4.78, 5) is 11.2. The van der Waals surface area contributed by atoms with Crippen LogP contribution in [0, 0.1) is 6.92 Å². The van der Waals surface area contributed by atoms with Crippen LogP contribution in [0.25, 0.3) is 0 Å². The number of rotatable bonds is 3. The summed E-state index contributed by atoms with van der Waals surface area (Å²) in [6.07, 6.45) is 0. The Kier molecular flexibility index (Phi) is 3.82. The molecule has 0 bridgehead atoms. The average molecular weight is 305 g/mol. The summed E-state index contributed by atoms with van der Waals surface area (Å²) in [5, 5.41) is 0. The minimum Gasteiger partial charge on any atom is -0.457 e. The number of Topliss-reactive ketones (excluding diaryl/α,β-unsaturated/α-hetero) is 1. The van der Waals surface area contributed by atoms with Crippen molar-refractivity contribution in [2.24, 2.45) is 0 Å². The molecule has 0 fully saturated rings. The molecule has 2 aromatic carbocycles. The van der Waals surface area contributed by atoms with Crippen molar-refractivity contribution in [3.8, 4) is 11.5 Å². The second-order valence-electron chi connectivity index (χ2n) is 4.09. The number of ketones is 1. The molecule has 0 unspecified atom stereocenters. The van der Waals surface area contributed by atoms with Crippen LogP contribution < -0.4 is 4.74 Å². The lowest BCUT2D eigenvalue weighted by Gasteiger charge is -2.09. The lowest BCUT2D eigenvalue weighted by atomic mass is 10.1. The topological polar surface area (TPSA) is 26.3 Å². The number of hydrogen-bond acceptors (Lipinski definition) is 2. The Morgan fingerprint density at radius 1 is 1.11 bits per heavy atom. The maximum Gasteiger partial charge on any atom is 0.159 e. The van der Waals surface area contributed by atoms with E-state index in [9.17, 15) is 4.79 Å². The molecule has 2 nitrogen and oxygen atoms in total. The van der Waals surface area contributed by atoms with Crippen LogP contribution in [0.5, 0.6) is 11.5 Å². The Balaban J connectivity index is 2.23. The van der Waals surface area contributed by atoms with Crippen LogP contribution >= 0.6 is 15.9 Å². The van der Waals surface area contributed by atoms with Gasteiger partial charge in [-0.25, -0.2) is 0 Å². The SMILES string of the molecule is CC(=O)c1ccc(Oc2cc(Br)ccc2C)cc1. The fourth-order valence-electron chi connectivity index (χ4n) is 1.57. The molecule has 18 heavy (non-hydrogen) atoms. The highest BCUT2D eigenvalue weighted by molar-refractivity contribution is 9.10. The first-order valence-electron chi connectivity index (χ1n) is 5.61. The summed E-state index contributed by atoms with van der Waals surface area (Å²) < 4.78 is 6.76. The quantitative estimate of drug-likeness (QED) is 0.765. The van der Waals surface area contributed by atoms with E-state index in [2.05, 4.69) is 15.9 Å². The summed E-state index contributed by atoms with van der Waals surface area (Å²) in [5.41, 5.74) is 1.75. The van der Waals surface area contributed by atoms with Crippen molar-refractivity contribution in [3.05, 3.63) is 58.1 Å². The van der Waals surface area contributed by atoms with Gasteiger partial charge in [-0.3, -0.25) is 4.79 Å². The highest BCUT2D eigenvalue weighted by Crippen LogP contribution is 2.28. The van der Waals surface area contributed by atoms with E-state index in [1.165, 1.54) is 0 Å². The van der Waals surface area contributed by atoms with E-state index in [0.29, 0.717) is 5.56 Å². The van der Waals surface area contributed by atoms with Gasteiger partial charge in [-0.05, 0) is 55.8 Å². The molecule has 0 radical (unpaired) electrons. The van der Waals surface area contributed by atoms with Crippen LogP contribution in [-0.4, -0.2) is 5.78 Å². The standard InChI is InChI=1S/C15H13BrO2/c1-10-3-6-13(16)9-15(10)18-14-7-4-12(5-8-14)11(2)17/h3-9H,1-2H3. The Bertz CT molecular complexity index is 574. The lowest BCUT2D eigenvalue weighted by molar-refractivity contribution is 0.101. The normalized spacial score (nSPS) is 10.2. The Morgan fingerprint density at radius 2 is 1.78 bits per heavy atom. The van der Waals surface area contributed by atoms with Crippen molar-refractivity contribution >= 4 is 21.7 Å². The second-order valence-corrected chi connectivity index (χ2v) is 5.01. The summed E-state index contributed by atoms with van der Waals surface area (Å²) >= 11 is 3.42. The highest BCUT2D eigenvalue weighted by Gasteiger charge is 2.04. The molecule has 0 N–H and O–H groups in total. The van der Waals surface area contributed by atoms with Gasteiger partial charge in [0.2, 0.25) is 0 Å². The molecule has 0 aromatic heterocycles. The fourth-order valence-corrected chi connectivity index (χ4v) is 1.91. The number of ether oxygens (including phenoxy) is 1. The number of aryl methyl sites for hydroxylation is 1. The largest absolute Gasteiger partial charge is 0.457 e. The molecule has 0 aliphatic heterocycles. The number of carbonyl (C=O) groups excluding carboxylic acids is 1. The van der Waals surface area contributed by atoms with Crippen LogP contribution in [0.3, 0.4) is 0 Å². The monoisotopic (exact) mass is 304 g/mol. The second kappa shape index (κ2) is 5.36. The lowest BCUT2D eigenvalue weighted by Crippen LogP contribution is -1.92. The van der Waals surface area contributed by atoms with Crippen molar-refractivity contribution in [2.45, 2.75) is 13.8 Å². The van der Waals surface area contributed by atoms with E-state index >= 15 is 0 Å². The molecule has 2 aromatic rings. The molecular weight excluding hydrogens is 292 g/mol. The van der Waals surface area contributed by atoms with Gasteiger partial charge in [-0.1, -0.05) is 22.0 Å². The Morgan fingerprint density at radius 3 is 2.39 bits per heavy atom. The molecule has 0 amide bonds. The molecule has 0 spiro atoms. The third-order valence-electron chi connectivity index (χ3n) is 2.64. The molecule has 0 atom stereocenters. The van der Waals surface area contributed by atoms with Crippen molar-refractivity contribution in [1.29, 1.82) is 0 Å². The van der Waals surface area contributed by atoms with Gasteiger partial charge < -0.3 is 4.74 Å². The zero-order chi connectivity index (χ0) is 13.1. The summed E-state index contributed by atoms with van der Waals surface area (Å²) in [5.74, 6) is 1.58. The molecule has 2 rings (SSSR count). The minimum atomic E-state index is 0.0557. The molecule has 3 heteroatoms. The van der Waals surface area contributed by atoms with Crippen molar-refractivity contribution in [2.75, 3.05) is 0 Å². The molecule has 0 aliphatic rings. The molecular formula is C15H13BrO2. The third kappa shape index (κ3) is 2.99. The van der Waals surface area contributed by atoms with Crippen molar-refractivity contribution in [1.82, 2.24) is 0 Å². The van der Waals surface area contributed by atoms with Crippen molar-refractivity contribution in [3.63, 3.8) is 0 Å². The average Bonchev–Trinajstić information content (AvgIpc) is 2.34. The van der Waals surface area contributed by atoms with Gasteiger partial charge in [0.05, 0.1) is 0 Å². The number of benzene rings is 2. The van der Waals surface area contributed by atoms with Crippen LogP contribution in [0.4, 0.5) is 0 Å². The Labute approximate surface area is 115 Å². The maximum absolute atomic E-state index is 11.2. The van der Waals surface area contributed by atoms with E-state index in [-0.39, 0.29) is 5.78 Å². The van der Waals surface area contributed by atoms with E-state index in [0.717, 1.165) is 21.5 Å². The number of carbonyl (C=O) groups is 1.